The number of benzene rings is 5. The quantitative estimate of drug-likeness (QED) is 0.169. The molecule has 3 nitrogen and oxygen atoms in total. The fourth-order valence-electron chi connectivity index (χ4n) is 5.43. The van der Waals surface area contributed by atoms with Crippen molar-refractivity contribution >= 4 is 32.7 Å². The minimum atomic E-state index is 0. The second kappa shape index (κ2) is 12.8. The number of furan rings is 1. The summed E-state index contributed by atoms with van der Waals surface area (Å²) in [4.78, 5) is 8.82. The number of aromatic nitrogens is 2. The van der Waals surface area contributed by atoms with E-state index < -0.39 is 0 Å². The molecule has 44 heavy (non-hydrogen) atoms. The van der Waals surface area contributed by atoms with Crippen LogP contribution in [0.4, 0.5) is 0 Å². The van der Waals surface area contributed by atoms with E-state index in [4.69, 9.17) is 4.42 Å². The molecule has 4 heteroatoms. The van der Waals surface area contributed by atoms with Crippen LogP contribution in [0.5, 0.6) is 0 Å². The molecule has 0 unspecified atom stereocenters. The van der Waals surface area contributed by atoms with Gasteiger partial charge in [-0.25, -0.2) is 0 Å². The molecule has 0 amide bonds. The van der Waals surface area contributed by atoms with Crippen molar-refractivity contribution in [2.75, 3.05) is 0 Å². The van der Waals surface area contributed by atoms with Gasteiger partial charge in [0.15, 0.2) is 0 Å². The fourth-order valence-corrected chi connectivity index (χ4v) is 5.43. The maximum Gasteiger partial charge on any atom is 0.136 e. The van der Waals surface area contributed by atoms with Gasteiger partial charge in [0.1, 0.15) is 11.2 Å². The molecule has 8 aromatic rings. The second-order valence-electron chi connectivity index (χ2n) is 10.6. The third-order valence-corrected chi connectivity index (χ3v) is 7.61. The first-order chi connectivity index (χ1) is 21.1. The van der Waals surface area contributed by atoms with Gasteiger partial charge in [0.2, 0.25) is 0 Å². The van der Waals surface area contributed by atoms with Gasteiger partial charge < -0.3 is 14.4 Å². The van der Waals surface area contributed by atoms with Gasteiger partial charge in [0.05, 0.1) is 0 Å². The molecule has 0 aliphatic heterocycles. The molecule has 0 atom stereocenters. The maximum atomic E-state index is 6.07. The van der Waals surface area contributed by atoms with Crippen molar-refractivity contribution in [1.82, 2.24) is 9.97 Å². The van der Waals surface area contributed by atoms with Crippen LogP contribution < -0.4 is 0 Å². The predicted molar refractivity (Wildman–Crippen MR) is 177 cm³/mol. The number of rotatable bonds is 3. The van der Waals surface area contributed by atoms with Gasteiger partial charge in [-0.15, -0.1) is 70.8 Å². The van der Waals surface area contributed by atoms with E-state index in [1.807, 2.05) is 73.9 Å². The van der Waals surface area contributed by atoms with E-state index in [-0.39, 0.29) is 20.1 Å². The molecule has 0 N–H and O–H groups in total. The minimum Gasteiger partial charge on any atom is -0.456 e. The van der Waals surface area contributed by atoms with Crippen LogP contribution in [0.1, 0.15) is 11.1 Å². The Morgan fingerprint density at radius 1 is 0.591 bits per heavy atom. The summed E-state index contributed by atoms with van der Waals surface area (Å²) in [7, 11) is 0. The van der Waals surface area contributed by atoms with Gasteiger partial charge in [-0.2, -0.15) is 0 Å². The minimum absolute atomic E-state index is 0. The summed E-state index contributed by atoms with van der Waals surface area (Å²) in [6.45, 7) is 4.10. The molecule has 8 rings (SSSR count). The van der Waals surface area contributed by atoms with Crippen LogP contribution >= 0.6 is 0 Å². The van der Waals surface area contributed by atoms with Crippen LogP contribution in [0.25, 0.3) is 66.4 Å². The van der Waals surface area contributed by atoms with E-state index in [9.17, 15) is 0 Å². The molecule has 0 saturated carbocycles. The van der Waals surface area contributed by atoms with Gasteiger partial charge in [-0.1, -0.05) is 73.7 Å². The number of pyridine rings is 2. The Hall–Kier alpha value is -4.89. The SMILES string of the molecule is Cc1c[c-]c(-c2ccc(C)cn2)cc1.[Ir].[c-]1ccc(-c2cccc3c2ccc2oc4ccccc4c23)cc1-c1ccccn1. The molecule has 0 fully saturated rings. The van der Waals surface area contributed by atoms with E-state index in [0.29, 0.717) is 0 Å². The van der Waals surface area contributed by atoms with Crippen molar-refractivity contribution < 1.29 is 24.5 Å². The van der Waals surface area contributed by atoms with E-state index >= 15 is 0 Å². The zero-order chi connectivity index (χ0) is 29.2. The monoisotopic (exact) mass is 745 g/mol. The summed E-state index contributed by atoms with van der Waals surface area (Å²) in [5.41, 5.74) is 10.6. The third kappa shape index (κ3) is 5.83. The average Bonchev–Trinajstić information content (AvgIpc) is 3.45. The van der Waals surface area contributed by atoms with Crippen molar-refractivity contribution in [1.29, 1.82) is 0 Å². The summed E-state index contributed by atoms with van der Waals surface area (Å²) in [5.74, 6) is 0. The largest absolute Gasteiger partial charge is 0.456 e. The number of para-hydroxylation sites is 1. The van der Waals surface area contributed by atoms with E-state index in [0.717, 1.165) is 44.6 Å². The number of hydrogen-bond acceptors (Lipinski definition) is 3. The van der Waals surface area contributed by atoms with Gasteiger partial charge in [-0.3, -0.25) is 0 Å². The summed E-state index contributed by atoms with van der Waals surface area (Å²) >= 11 is 0. The zero-order valence-electron chi connectivity index (χ0n) is 24.3. The van der Waals surface area contributed by atoms with E-state index in [2.05, 4.69) is 95.8 Å². The molecule has 0 aliphatic rings. The van der Waals surface area contributed by atoms with Gasteiger partial charge in [-0.05, 0) is 58.4 Å². The predicted octanol–water partition coefficient (Wildman–Crippen LogP) is 10.4. The van der Waals surface area contributed by atoms with Gasteiger partial charge in [0, 0.05) is 43.3 Å². The van der Waals surface area contributed by atoms with Crippen LogP contribution in [0, 0.1) is 26.0 Å². The number of nitrogens with zero attached hydrogens (tertiary/aromatic N) is 2. The Labute approximate surface area is 270 Å². The zero-order valence-corrected chi connectivity index (χ0v) is 26.7. The van der Waals surface area contributed by atoms with Crippen molar-refractivity contribution in [2.24, 2.45) is 0 Å². The molecule has 215 valence electrons. The van der Waals surface area contributed by atoms with Crippen LogP contribution in [0.15, 0.2) is 138 Å². The Bertz CT molecular complexity index is 2140. The number of hydrogen-bond donors (Lipinski definition) is 0. The molecular formula is C40H28IrN2O-2. The van der Waals surface area contributed by atoms with Crippen molar-refractivity contribution in [3.63, 3.8) is 0 Å². The van der Waals surface area contributed by atoms with E-state index in [1.54, 1.807) is 0 Å². The summed E-state index contributed by atoms with van der Waals surface area (Å²) in [6, 6.07) is 47.9. The van der Waals surface area contributed by atoms with Gasteiger partial charge in [0.25, 0.3) is 0 Å². The normalized spacial score (nSPS) is 10.8. The Morgan fingerprint density at radius 3 is 2.20 bits per heavy atom. The second-order valence-corrected chi connectivity index (χ2v) is 10.6. The van der Waals surface area contributed by atoms with Crippen molar-refractivity contribution in [2.45, 2.75) is 13.8 Å². The molecule has 0 spiro atoms. The first-order valence-corrected chi connectivity index (χ1v) is 14.3. The summed E-state index contributed by atoms with van der Waals surface area (Å²) < 4.78 is 6.07. The molecule has 0 aliphatic carbocycles. The van der Waals surface area contributed by atoms with Crippen molar-refractivity contribution in [3.8, 4) is 33.6 Å². The fraction of sp³-hybridized carbons (Fsp3) is 0.0500. The molecule has 3 aromatic heterocycles. The molecule has 0 bridgehead atoms. The Kier molecular flexibility index (Phi) is 8.47. The van der Waals surface area contributed by atoms with Crippen LogP contribution in [0.3, 0.4) is 0 Å². The first-order valence-electron chi connectivity index (χ1n) is 14.3. The van der Waals surface area contributed by atoms with E-state index in [1.165, 1.54) is 32.8 Å². The Morgan fingerprint density at radius 2 is 1.41 bits per heavy atom. The molecular weight excluding hydrogens is 717 g/mol. The number of fused-ring (bicyclic) bond motifs is 5. The summed E-state index contributed by atoms with van der Waals surface area (Å²) in [6.07, 6.45) is 3.69. The molecule has 5 aromatic carbocycles. The van der Waals surface area contributed by atoms with Crippen LogP contribution in [-0.4, -0.2) is 9.97 Å². The Balaban J connectivity index is 0.000000194. The molecule has 1 radical (unpaired) electrons. The van der Waals surface area contributed by atoms with Crippen LogP contribution in [0.2, 0.25) is 0 Å². The van der Waals surface area contributed by atoms with Crippen LogP contribution in [-0.2, 0) is 20.1 Å². The topological polar surface area (TPSA) is 38.9 Å². The molecule has 3 heterocycles. The molecule has 0 saturated heterocycles. The first kappa shape index (κ1) is 29.2. The standard InChI is InChI=1S/C27H16NO.C13H12N.Ir/c1-2-13-25-23(9-1)27-22-11-6-10-20(21(22)14-15-26(27)29-25)18-7-5-8-19(17-18)24-12-3-4-16-28-24;1-10-3-6-12(7-4-10)13-8-5-11(2)9-14-13;/h1-7,9-17H;3-6,8-9H,1-2H3;/q2*-1;. The average molecular weight is 745 g/mol. The summed E-state index contributed by atoms with van der Waals surface area (Å²) in [5, 5.41) is 4.75. The van der Waals surface area contributed by atoms with Crippen molar-refractivity contribution in [3.05, 3.63) is 157 Å². The smallest absolute Gasteiger partial charge is 0.136 e. The van der Waals surface area contributed by atoms with Gasteiger partial charge >= 0.3 is 0 Å². The number of aryl methyl sites for hydroxylation is 2. The maximum absolute atomic E-state index is 6.07. The third-order valence-electron chi connectivity index (χ3n) is 7.61.